The molecule has 2 rings (SSSR count). The maximum Gasteiger partial charge on any atom is 0.353 e. The van der Waals surface area contributed by atoms with E-state index in [1.807, 2.05) is 13.8 Å². The van der Waals surface area contributed by atoms with Crippen molar-refractivity contribution < 1.29 is 4.92 Å². The van der Waals surface area contributed by atoms with Gasteiger partial charge >= 0.3 is 5.69 Å². The summed E-state index contributed by atoms with van der Waals surface area (Å²) in [6.45, 7) is 3.83. The number of rotatable bonds is 4. The first-order chi connectivity index (χ1) is 9.40. The van der Waals surface area contributed by atoms with Crippen LogP contribution in [0.25, 0.3) is 0 Å². The summed E-state index contributed by atoms with van der Waals surface area (Å²) in [5.74, 6) is 0.389. The van der Waals surface area contributed by atoms with E-state index in [0.717, 1.165) is 10.6 Å². The molecule has 1 N–H and O–H groups in total. The molecular formula is C11H14N6O2S. The third-order valence-electron chi connectivity index (χ3n) is 2.66. The number of anilines is 3. The normalized spacial score (nSPS) is 10.4. The number of hydrogen-bond acceptors (Lipinski definition) is 8. The van der Waals surface area contributed by atoms with E-state index < -0.39 is 4.92 Å². The number of nitro groups is 1. The topological polar surface area (TPSA) is 97.1 Å². The van der Waals surface area contributed by atoms with E-state index in [2.05, 4.69) is 20.3 Å². The van der Waals surface area contributed by atoms with Gasteiger partial charge in [-0.3, -0.25) is 10.1 Å². The summed E-state index contributed by atoms with van der Waals surface area (Å²) in [5.41, 5.74) is 0.727. The minimum absolute atomic E-state index is 0.141. The molecule has 0 atom stereocenters. The summed E-state index contributed by atoms with van der Waals surface area (Å²) in [7, 11) is 3.38. The van der Waals surface area contributed by atoms with Crippen LogP contribution in [0, 0.1) is 24.0 Å². The molecule has 9 heteroatoms. The van der Waals surface area contributed by atoms with Crippen molar-refractivity contribution in [3.05, 3.63) is 27.0 Å². The second kappa shape index (κ2) is 5.37. The van der Waals surface area contributed by atoms with Crippen molar-refractivity contribution in [1.82, 2.24) is 15.0 Å². The number of nitrogens with zero attached hydrogens (tertiary/aromatic N) is 5. The van der Waals surface area contributed by atoms with E-state index in [4.69, 9.17) is 0 Å². The maximum absolute atomic E-state index is 11.3. The highest BCUT2D eigenvalue weighted by molar-refractivity contribution is 7.15. The van der Waals surface area contributed by atoms with Gasteiger partial charge in [0.05, 0.1) is 10.6 Å². The van der Waals surface area contributed by atoms with E-state index in [-0.39, 0.29) is 17.3 Å². The number of nitrogens with one attached hydrogen (secondary N) is 1. The molecule has 2 aromatic heterocycles. The van der Waals surface area contributed by atoms with Gasteiger partial charge in [0.15, 0.2) is 5.13 Å². The molecule has 0 saturated carbocycles. The maximum atomic E-state index is 11.3. The van der Waals surface area contributed by atoms with Gasteiger partial charge in [0, 0.05) is 19.0 Å². The summed E-state index contributed by atoms with van der Waals surface area (Å²) >= 11 is 1.43. The fourth-order valence-corrected chi connectivity index (χ4v) is 2.40. The molecule has 8 nitrogen and oxygen atoms in total. The highest BCUT2D eigenvalue weighted by atomic mass is 32.1. The SMILES string of the molecule is Cc1nc(Nc2ncnc(N(C)C)c2[N+](=O)[O-])sc1C. The van der Waals surface area contributed by atoms with E-state index in [1.54, 1.807) is 19.0 Å². The number of aryl methyl sites for hydroxylation is 2. The molecule has 0 aliphatic heterocycles. The summed E-state index contributed by atoms with van der Waals surface area (Å²) in [4.78, 5) is 25.6. The fourth-order valence-electron chi connectivity index (χ4n) is 1.58. The molecule has 0 fully saturated rings. The molecule has 0 unspecified atom stereocenters. The Kier molecular flexibility index (Phi) is 3.79. The van der Waals surface area contributed by atoms with Gasteiger partial charge in [-0.1, -0.05) is 0 Å². The third kappa shape index (κ3) is 2.67. The summed E-state index contributed by atoms with van der Waals surface area (Å²) < 4.78 is 0. The molecule has 106 valence electrons. The van der Waals surface area contributed by atoms with E-state index in [9.17, 15) is 10.1 Å². The molecule has 0 aromatic carbocycles. The quantitative estimate of drug-likeness (QED) is 0.682. The van der Waals surface area contributed by atoms with Gasteiger partial charge in [0.2, 0.25) is 11.6 Å². The van der Waals surface area contributed by atoms with E-state index in [1.165, 1.54) is 17.7 Å². The van der Waals surface area contributed by atoms with Crippen LogP contribution in [0.15, 0.2) is 6.33 Å². The van der Waals surface area contributed by atoms with Crippen LogP contribution in [0.2, 0.25) is 0 Å². The average molecular weight is 294 g/mol. The second-order valence-electron chi connectivity index (χ2n) is 4.33. The lowest BCUT2D eigenvalue weighted by molar-refractivity contribution is -0.383. The largest absolute Gasteiger partial charge is 0.357 e. The summed E-state index contributed by atoms with van der Waals surface area (Å²) in [6.07, 6.45) is 1.29. The van der Waals surface area contributed by atoms with Crippen molar-refractivity contribution in [2.45, 2.75) is 13.8 Å². The van der Waals surface area contributed by atoms with Crippen LogP contribution in [0.1, 0.15) is 10.6 Å². The Morgan fingerprint density at radius 2 is 2.05 bits per heavy atom. The molecule has 0 bridgehead atoms. The first-order valence-corrected chi connectivity index (χ1v) is 6.59. The molecule has 20 heavy (non-hydrogen) atoms. The van der Waals surface area contributed by atoms with E-state index in [0.29, 0.717) is 5.13 Å². The molecule has 0 amide bonds. The predicted octanol–water partition coefficient (Wildman–Crippen LogP) is 2.27. The minimum Gasteiger partial charge on any atom is -0.357 e. The van der Waals surface area contributed by atoms with Gasteiger partial charge in [0.25, 0.3) is 0 Å². The Hall–Kier alpha value is -2.29. The van der Waals surface area contributed by atoms with Gasteiger partial charge in [-0.05, 0) is 13.8 Å². The molecule has 2 aromatic rings. The highest BCUT2D eigenvalue weighted by Crippen LogP contribution is 2.33. The monoisotopic (exact) mass is 294 g/mol. The molecular weight excluding hydrogens is 280 g/mol. The van der Waals surface area contributed by atoms with Crippen LogP contribution in [0.4, 0.5) is 22.5 Å². The van der Waals surface area contributed by atoms with Crippen molar-refractivity contribution in [2.24, 2.45) is 0 Å². The lowest BCUT2D eigenvalue weighted by atomic mass is 10.4. The van der Waals surface area contributed by atoms with Gasteiger partial charge in [-0.2, -0.15) is 0 Å². The molecule has 0 aliphatic carbocycles. The van der Waals surface area contributed by atoms with Crippen molar-refractivity contribution in [3.63, 3.8) is 0 Å². The average Bonchev–Trinajstić information content (AvgIpc) is 2.67. The summed E-state index contributed by atoms with van der Waals surface area (Å²) in [6, 6.07) is 0. The zero-order valence-electron chi connectivity index (χ0n) is 11.5. The lowest BCUT2D eigenvalue weighted by Crippen LogP contribution is -2.14. The zero-order valence-corrected chi connectivity index (χ0v) is 12.4. The Bertz CT molecular complexity index is 635. The van der Waals surface area contributed by atoms with Crippen molar-refractivity contribution in [1.29, 1.82) is 0 Å². The number of hydrogen-bond donors (Lipinski definition) is 1. The molecule has 2 heterocycles. The van der Waals surface area contributed by atoms with Crippen molar-refractivity contribution in [2.75, 3.05) is 24.3 Å². The standard InChI is InChI=1S/C11H14N6O2S/c1-6-7(2)20-11(14-6)15-9-8(17(18)19)10(16(3)4)13-5-12-9/h5H,1-4H3,(H,12,13,14,15). The first-order valence-electron chi connectivity index (χ1n) is 5.78. The van der Waals surface area contributed by atoms with E-state index >= 15 is 0 Å². The fraction of sp³-hybridized carbons (Fsp3) is 0.364. The smallest absolute Gasteiger partial charge is 0.353 e. The van der Waals surface area contributed by atoms with Gasteiger partial charge in [-0.25, -0.2) is 15.0 Å². The third-order valence-corrected chi connectivity index (χ3v) is 3.65. The van der Waals surface area contributed by atoms with Crippen LogP contribution >= 0.6 is 11.3 Å². The van der Waals surface area contributed by atoms with Gasteiger partial charge in [-0.15, -0.1) is 11.3 Å². The number of aromatic nitrogens is 3. The Morgan fingerprint density at radius 1 is 1.35 bits per heavy atom. The molecule has 0 radical (unpaired) electrons. The minimum atomic E-state index is -0.495. The highest BCUT2D eigenvalue weighted by Gasteiger charge is 2.25. The van der Waals surface area contributed by atoms with Gasteiger partial charge in [0.1, 0.15) is 6.33 Å². The molecule has 0 aliphatic rings. The van der Waals surface area contributed by atoms with Gasteiger partial charge < -0.3 is 10.2 Å². The number of thiazole rings is 1. The van der Waals surface area contributed by atoms with Crippen LogP contribution in [0.5, 0.6) is 0 Å². The Labute approximate surface area is 119 Å². The second-order valence-corrected chi connectivity index (χ2v) is 5.53. The molecule has 0 spiro atoms. The zero-order chi connectivity index (χ0) is 14.9. The molecule has 0 saturated heterocycles. The van der Waals surface area contributed by atoms with Crippen LogP contribution in [-0.2, 0) is 0 Å². The van der Waals surface area contributed by atoms with Crippen LogP contribution in [-0.4, -0.2) is 34.0 Å². The summed E-state index contributed by atoms with van der Waals surface area (Å²) in [5, 5.41) is 14.7. The predicted molar refractivity (Wildman–Crippen MR) is 77.9 cm³/mol. The first kappa shape index (κ1) is 14.1. The van der Waals surface area contributed by atoms with Crippen molar-refractivity contribution in [3.8, 4) is 0 Å². The Balaban J connectivity index is 2.46. The lowest BCUT2D eigenvalue weighted by Gasteiger charge is -2.12. The Morgan fingerprint density at radius 3 is 2.55 bits per heavy atom. The van der Waals surface area contributed by atoms with Crippen LogP contribution < -0.4 is 10.2 Å². The van der Waals surface area contributed by atoms with Crippen molar-refractivity contribution >= 4 is 33.8 Å². The van der Waals surface area contributed by atoms with Crippen LogP contribution in [0.3, 0.4) is 0 Å².